The van der Waals surface area contributed by atoms with Gasteiger partial charge in [-0.25, -0.2) is 0 Å². The Labute approximate surface area is 83.8 Å². The van der Waals surface area contributed by atoms with E-state index in [2.05, 4.69) is 0 Å². The summed E-state index contributed by atoms with van der Waals surface area (Å²) in [7, 11) is 0. The molecule has 14 heavy (non-hydrogen) atoms. The minimum absolute atomic E-state index is 0.0628. The average Bonchev–Trinajstić information content (AvgIpc) is 2.46. The third kappa shape index (κ3) is 3.25. The van der Waals surface area contributed by atoms with Crippen LogP contribution in [0.2, 0.25) is 0 Å². The number of hydrogen-bond acceptors (Lipinski definition) is 4. The van der Waals surface area contributed by atoms with Gasteiger partial charge in [0.2, 0.25) is 5.91 Å². The van der Waals surface area contributed by atoms with E-state index in [0.717, 1.165) is 0 Å². The summed E-state index contributed by atoms with van der Waals surface area (Å²) in [6.07, 6.45) is 0.635. The molecule has 0 bridgehead atoms. The first kappa shape index (κ1) is 11.4. The van der Waals surface area contributed by atoms with Crippen LogP contribution in [0.25, 0.3) is 0 Å². The molecule has 1 fully saturated rings. The summed E-state index contributed by atoms with van der Waals surface area (Å²) < 4.78 is 5.03. The highest BCUT2D eigenvalue weighted by Crippen LogP contribution is 2.19. The summed E-state index contributed by atoms with van der Waals surface area (Å²) >= 11 is 0. The minimum Gasteiger partial charge on any atom is -0.388 e. The van der Waals surface area contributed by atoms with Crippen LogP contribution in [0.1, 0.15) is 13.3 Å². The van der Waals surface area contributed by atoms with Crippen molar-refractivity contribution < 1.29 is 14.6 Å². The van der Waals surface area contributed by atoms with E-state index in [0.29, 0.717) is 32.7 Å². The molecule has 0 spiro atoms. The van der Waals surface area contributed by atoms with Gasteiger partial charge in [-0.3, -0.25) is 4.79 Å². The molecule has 1 aliphatic heterocycles. The van der Waals surface area contributed by atoms with Crippen molar-refractivity contribution in [2.45, 2.75) is 18.9 Å². The molecular formula is C9H18N2O3. The van der Waals surface area contributed by atoms with Crippen LogP contribution in [-0.2, 0) is 9.53 Å². The maximum atomic E-state index is 11.5. The first-order chi connectivity index (χ1) is 6.55. The molecule has 1 amide bonds. The monoisotopic (exact) mass is 202 g/mol. The van der Waals surface area contributed by atoms with E-state index in [1.807, 2.05) is 0 Å². The average molecular weight is 202 g/mol. The van der Waals surface area contributed by atoms with Crippen LogP contribution in [0.5, 0.6) is 0 Å². The van der Waals surface area contributed by atoms with Crippen molar-refractivity contribution in [3.05, 3.63) is 0 Å². The van der Waals surface area contributed by atoms with Gasteiger partial charge in [0.05, 0.1) is 12.2 Å². The molecule has 3 N–H and O–H groups in total. The zero-order valence-electron chi connectivity index (χ0n) is 8.53. The topological polar surface area (TPSA) is 75.8 Å². The van der Waals surface area contributed by atoms with Crippen LogP contribution in [0.4, 0.5) is 0 Å². The molecule has 5 nitrogen and oxygen atoms in total. The smallest absolute Gasteiger partial charge is 0.248 e. The second kappa shape index (κ2) is 4.72. The Bertz CT molecular complexity index is 206. The maximum absolute atomic E-state index is 11.5. The maximum Gasteiger partial charge on any atom is 0.248 e. The van der Waals surface area contributed by atoms with E-state index >= 15 is 0 Å². The number of β-amino-alcohol motifs (C(OH)–C–C–N with tert-alkyl or cyclic N) is 1. The van der Waals surface area contributed by atoms with E-state index in [4.69, 9.17) is 10.5 Å². The molecule has 1 aliphatic rings. The van der Waals surface area contributed by atoms with Crippen molar-refractivity contribution in [3.8, 4) is 0 Å². The number of aliphatic hydroxyl groups is 1. The Kier molecular flexibility index (Phi) is 3.86. The van der Waals surface area contributed by atoms with Gasteiger partial charge in [-0.15, -0.1) is 0 Å². The van der Waals surface area contributed by atoms with Gasteiger partial charge in [0.15, 0.2) is 0 Å². The predicted molar refractivity (Wildman–Crippen MR) is 51.7 cm³/mol. The largest absolute Gasteiger partial charge is 0.388 e. The number of rotatable bonds is 4. The van der Waals surface area contributed by atoms with E-state index < -0.39 is 5.60 Å². The molecule has 0 aromatic carbocycles. The molecule has 0 aromatic rings. The van der Waals surface area contributed by atoms with Gasteiger partial charge in [0.1, 0.15) is 6.61 Å². The van der Waals surface area contributed by atoms with Crippen molar-refractivity contribution in [1.29, 1.82) is 0 Å². The molecule has 1 unspecified atom stereocenters. The van der Waals surface area contributed by atoms with Crippen LogP contribution in [0.15, 0.2) is 0 Å². The highest BCUT2D eigenvalue weighted by Gasteiger charge is 2.33. The van der Waals surface area contributed by atoms with E-state index in [1.54, 1.807) is 11.8 Å². The summed E-state index contributed by atoms with van der Waals surface area (Å²) in [5.74, 6) is -0.0729. The standard InChI is InChI=1S/C9H18N2O3/c1-9(13)2-4-11(7-9)8(12)6-14-5-3-10/h13H,2-7,10H2,1H3. The molecule has 0 radical (unpaired) electrons. The van der Waals surface area contributed by atoms with Gasteiger partial charge < -0.3 is 20.5 Å². The molecule has 1 atom stereocenters. The van der Waals surface area contributed by atoms with E-state index in [1.165, 1.54) is 0 Å². The number of nitrogens with zero attached hydrogens (tertiary/aromatic N) is 1. The quantitative estimate of drug-likeness (QED) is 0.570. The molecule has 1 rings (SSSR count). The fourth-order valence-corrected chi connectivity index (χ4v) is 1.49. The Hall–Kier alpha value is -0.650. The van der Waals surface area contributed by atoms with Gasteiger partial charge in [0, 0.05) is 19.6 Å². The number of nitrogens with two attached hydrogens (primary N) is 1. The number of hydrogen-bond donors (Lipinski definition) is 2. The lowest BCUT2D eigenvalue weighted by Crippen LogP contribution is -2.36. The highest BCUT2D eigenvalue weighted by atomic mass is 16.5. The molecule has 0 aromatic heterocycles. The summed E-state index contributed by atoms with van der Waals surface area (Å²) in [5.41, 5.74) is 4.49. The molecule has 82 valence electrons. The number of likely N-dealkylation sites (tertiary alicyclic amines) is 1. The zero-order valence-corrected chi connectivity index (χ0v) is 8.53. The van der Waals surface area contributed by atoms with Crippen LogP contribution in [0, 0.1) is 0 Å². The normalized spacial score (nSPS) is 26.9. The van der Waals surface area contributed by atoms with Gasteiger partial charge in [0.25, 0.3) is 0 Å². The van der Waals surface area contributed by atoms with Gasteiger partial charge >= 0.3 is 0 Å². The fourth-order valence-electron chi connectivity index (χ4n) is 1.49. The van der Waals surface area contributed by atoms with Crippen molar-refractivity contribution >= 4 is 5.91 Å². The second-order valence-corrected chi connectivity index (χ2v) is 3.90. The van der Waals surface area contributed by atoms with E-state index in [9.17, 15) is 9.90 Å². The Morgan fingerprint density at radius 1 is 1.71 bits per heavy atom. The summed E-state index contributed by atoms with van der Waals surface area (Å²) in [5, 5.41) is 9.63. The predicted octanol–water partition coefficient (Wildman–Crippen LogP) is -1.05. The third-order valence-corrected chi connectivity index (χ3v) is 2.29. The lowest BCUT2D eigenvalue weighted by molar-refractivity contribution is -0.135. The number of amides is 1. The van der Waals surface area contributed by atoms with Crippen LogP contribution in [-0.4, -0.2) is 54.4 Å². The Balaban J connectivity index is 2.25. The van der Waals surface area contributed by atoms with Crippen LogP contribution >= 0.6 is 0 Å². The van der Waals surface area contributed by atoms with Crippen molar-refractivity contribution in [3.63, 3.8) is 0 Å². The van der Waals surface area contributed by atoms with Crippen molar-refractivity contribution in [2.75, 3.05) is 32.8 Å². The van der Waals surface area contributed by atoms with Crippen molar-refractivity contribution in [2.24, 2.45) is 5.73 Å². The molecule has 1 heterocycles. The second-order valence-electron chi connectivity index (χ2n) is 3.90. The van der Waals surface area contributed by atoms with Gasteiger partial charge in [-0.05, 0) is 13.3 Å². The van der Waals surface area contributed by atoms with Gasteiger partial charge in [-0.1, -0.05) is 0 Å². The summed E-state index contributed by atoms with van der Waals surface area (Å²) in [4.78, 5) is 13.1. The highest BCUT2D eigenvalue weighted by molar-refractivity contribution is 5.77. The molecule has 5 heteroatoms. The van der Waals surface area contributed by atoms with E-state index in [-0.39, 0.29) is 12.5 Å². The molecule has 0 aliphatic carbocycles. The van der Waals surface area contributed by atoms with Crippen LogP contribution < -0.4 is 5.73 Å². The third-order valence-electron chi connectivity index (χ3n) is 2.29. The molecule has 1 saturated heterocycles. The number of carbonyl (C=O) groups excluding carboxylic acids is 1. The lowest BCUT2D eigenvalue weighted by Gasteiger charge is -2.18. The number of carbonyl (C=O) groups is 1. The molecular weight excluding hydrogens is 184 g/mol. The lowest BCUT2D eigenvalue weighted by atomic mass is 10.1. The summed E-state index contributed by atoms with van der Waals surface area (Å²) in [6, 6.07) is 0. The van der Waals surface area contributed by atoms with Crippen molar-refractivity contribution in [1.82, 2.24) is 4.90 Å². The zero-order chi connectivity index (χ0) is 10.6. The molecule has 0 saturated carbocycles. The Morgan fingerprint density at radius 2 is 2.43 bits per heavy atom. The SMILES string of the molecule is CC1(O)CCN(C(=O)COCCN)C1. The number of ether oxygens (including phenoxy) is 1. The first-order valence-corrected chi connectivity index (χ1v) is 4.83. The van der Waals surface area contributed by atoms with Crippen LogP contribution in [0.3, 0.4) is 0 Å². The minimum atomic E-state index is -0.733. The Morgan fingerprint density at radius 3 is 2.93 bits per heavy atom. The fraction of sp³-hybridized carbons (Fsp3) is 0.889. The first-order valence-electron chi connectivity index (χ1n) is 4.83. The summed E-state index contributed by atoms with van der Waals surface area (Å²) in [6.45, 7) is 3.63. The van der Waals surface area contributed by atoms with Gasteiger partial charge in [-0.2, -0.15) is 0 Å².